The van der Waals surface area contributed by atoms with E-state index in [4.69, 9.17) is 11.6 Å². The first-order valence-corrected chi connectivity index (χ1v) is 8.18. The Morgan fingerprint density at radius 3 is 2.59 bits per heavy atom. The molecule has 120 valence electrons. The van der Waals surface area contributed by atoms with Crippen LogP contribution in [0.1, 0.15) is 44.6 Å². The number of aryl methyl sites for hydroxylation is 1. The number of hydrogen-bond donors (Lipinski definition) is 1. The van der Waals surface area contributed by atoms with Crippen LogP contribution >= 0.6 is 11.6 Å². The van der Waals surface area contributed by atoms with Gasteiger partial charge in [0.2, 0.25) is 11.8 Å². The average Bonchev–Trinajstić information content (AvgIpc) is 2.97. The van der Waals surface area contributed by atoms with Crippen LogP contribution in [0.5, 0.6) is 0 Å². The molecular weight excluding hydrogens is 300 g/mol. The molecule has 0 radical (unpaired) electrons. The van der Waals surface area contributed by atoms with Crippen molar-refractivity contribution >= 4 is 29.1 Å². The minimum Gasteiger partial charge on any atom is -0.339 e. The lowest BCUT2D eigenvalue weighted by Crippen LogP contribution is -2.39. The summed E-state index contributed by atoms with van der Waals surface area (Å²) >= 11 is 6.05. The average molecular weight is 323 g/mol. The summed E-state index contributed by atoms with van der Waals surface area (Å²) < 4.78 is 0. The molecule has 1 saturated carbocycles. The monoisotopic (exact) mass is 322 g/mol. The maximum atomic E-state index is 12.1. The summed E-state index contributed by atoms with van der Waals surface area (Å²) in [5, 5.41) is 3.47. The molecule has 5 heteroatoms. The third-order valence-electron chi connectivity index (χ3n) is 4.21. The van der Waals surface area contributed by atoms with Crippen molar-refractivity contribution in [1.82, 2.24) is 4.90 Å². The standard InChI is InChI=1S/C17H23ClN2O2/c1-12-7-8-14(11-16(12)18)19-17(22)9-10-20(13(2)21)15-5-3-4-6-15/h7-8,11,15H,3-6,9-10H2,1-2H3,(H,19,22). The molecule has 1 aromatic rings. The Hall–Kier alpha value is -1.55. The van der Waals surface area contributed by atoms with Gasteiger partial charge >= 0.3 is 0 Å². The molecule has 0 aliphatic heterocycles. The van der Waals surface area contributed by atoms with Crippen molar-refractivity contribution in [3.05, 3.63) is 28.8 Å². The Bertz CT molecular complexity index is 554. The fourth-order valence-corrected chi connectivity index (χ4v) is 3.11. The summed E-state index contributed by atoms with van der Waals surface area (Å²) in [7, 11) is 0. The molecule has 1 aliphatic rings. The highest BCUT2D eigenvalue weighted by atomic mass is 35.5. The number of halogens is 1. The van der Waals surface area contributed by atoms with Gasteiger partial charge in [-0.15, -0.1) is 0 Å². The van der Waals surface area contributed by atoms with Gasteiger partial charge in [0.1, 0.15) is 0 Å². The van der Waals surface area contributed by atoms with Crippen molar-refractivity contribution in [1.29, 1.82) is 0 Å². The molecule has 1 N–H and O–H groups in total. The number of nitrogens with zero attached hydrogens (tertiary/aromatic N) is 1. The Morgan fingerprint density at radius 1 is 1.32 bits per heavy atom. The lowest BCUT2D eigenvalue weighted by Gasteiger charge is -2.27. The SMILES string of the molecule is CC(=O)N(CCC(=O)Nc1ccc(C)c(Cl)c1)C1CCCC1. The van der Waals surface area contributed by atoms with E-state index in [1.807, 2.05) is 24.0 Å². The number of hydrogen-bond acceptors (Lipinski definition) is 2. The van der Waals surface area contributed by atoms with Crippen LogP contribution in [0.2, 0.25) is 5.02 Å². The second-order valence-corrected chi connectivity index (χ2v) is 6.32. The van der Waals surface area contributed by atoms with Crippen LogP contribution in [0, 0.1) is 6.92 Å². The third-order valence-corrected chi connectivity index (χ3v) is 4.61. The molecule has 2 amide bonds. The molecule has 22 heavy (non-hydrogen) atoms. The minimum absolute atomic E-state index is 0.0538. The van der Waals surface area contributed by atoms with Crippen molar-refractivity contribution < 1.29 is 9.59 Å². The van der Waals surface area contributed by atoms with Gasteiger partial charge in [0, 0.05) is 36.6 Å². The summed E-state index contributed by atoms with van der Waals surface area (Å²) in [4.78, 5) is 25.7. The first-order chi connectivity index (χ1) is 10.5. The van der Waals surface area contributed by atoms with Gasteiger partial charge in [0.15, 0.2) is 0 Å². The van der Waals surface area contributed by atoms with Crippen molar-refractivity contribution in [2.45, 2.75) is 52.0 Å². The summed E-state index contributed by atoms with van der Waals surface area (Å²) in [5.74, 6) is -0.0396. The number of benzene rings is 1. The molecule has 0 saturated heterocycles. The Morgan fingerprint density at radius 2 is 2.00 bits per heavy atom. The van der Waals surface area contributed by atoms with Crippen molar-refractivity contribution in [3.8, 4) is 0 Å². The summed E-state index contributed by atoms with van der Waals surface area (Å²) in [6, 6.07) is 5.75. The lowest BCUT2D eigenvalue weighted by molar-refractivity contribution is -0.131. The van der Waals surface area contributed by atoms with E-state index < -0.39 is 0 Å². The van der Waals surface area contributed by atoms with Gasteiger partial charge < -0.3 is 10.2 Å². The van der Waals surface area contributed by atoms with E-state index in [9.17, 15) is 9.59 Å². The van der Waals surface area contributed by atoms with Crippen molar-refractivity contribution in [2.75, 3.05) is 11.9 Å². The van der Waals surface area contributed by atoms with Gasteiger partial charge in [-0.2, -0.15) is 0 Å². The fraction of sp³-hybridized carbons (Fsp3) is 0.529. The van der Waals surface area contributed by atoms with Gasteiger partial charge in [-0.25, -0.2) is 0 Å². The molecule has 1 aromatic carbocycles. The molecule has 0 bridgehead atoms. The van der Waals surface area contributed by atoms with Crippen LogP contribution in [0.15, 0.2) is 18.2 Å². The number of rotatable bonds is 5. The molecule has 0 unspecified atom stereocenters. The number of anilines is 1. The van der Waals surface area contributed by atoms with E-state index in [1.165, 1.54) is 12.8 Å². The highest BCUT2D eigenvalue weighted by molar-refractivity contribution is 6.31. The van der Waals surface area contributed by atoms with Crippen LogP contribution in [0.25, 0.3) is 0 Å². The zero-order valence-electron chi connectivity index (χ0n) is 13.2. The largest absolute Gasteiger partial charge is 0.339 e. The highest BCUT2D eigenvalue weighted by Gasteiger charge is 2.24. The zero-order valence-corrected chi connectivity index (χ0v) is 13.9. The Kier molecular flexibility index (Phi) is 5.83. The maximum Gasteiger partial charge on any atom is 0.226 e. The van der Waals surface area contributed by atoms with E-state index in [1.54, 1.807) is 13.0 Å². The highest BCUT2D eigenvalue weighted by Crippen LogP contribution is 2.24. The van der Waals surface area contributed by atoms with Crippen LogP contribution in [0.3, 0.4) is 0 Å². The van der Waals surface area contributed by atoms with Gasteiger partial charge in [-0.3, -0.25) is 9.59 Å². The maximum absolute atomic E-state index is 12.1. The van der Waals surface area contributed by atoms with E-state index in [0.29, 0.717) is 29.7 Å². The van der Waals surface area contributed by atoms with E-state index in [-0.39, 0.29) is 11.8 Å². The van der Waals surface area contributed by atoms with Crippen LogP contribution in [-0.4, -0.2) is 29.3 Å². The second-order valence-electron chi connectivity index (χ2n) is 5.91. The first kappa shape index (κ1) is 16.8. The molecule has 4 nitrogen and oxygen atoms in total. The normalized spacial score (nSPS) is 14.9. The van der Waals surface area contributed by atoms with E-state index in [0.717, 1.165) is 18.4 Å². The molecule has 1 aliphatic carbocycles. The number of nitrogens with one attached hydrogen (secondary N) is 1. The molecule has 0 spiro atoms. The van der Waals surface area contributed by atoms with Crippen LogP contribution < -0.4 is 5.32 Å². The first-order valence-electron chi connectivity index (χ1n) is 7.80. The van der Waals surface area contributed by atoms with Gasteiger partial charge in [-0.05, 0) is 37.5 Å². The predicted octanol–water partition coefficient (Wildman–Crippen LogP) is 3.77. The topological polar surface area (TPSA) is 49.4 Å². The van der Waals surface area contributed by atoms with Gasteiger partial charge in [0.25, 0.3) is 0 Å². The van der Waals surface area contributed by atoms with Crippen LogP contribution in [0.4, 0.5) is 5.69 Å². The second kappa shape index (κ2) is 7.63. The quantitative estimate of drug-likeness (QED) is 0.897. The fourth-order valence-electron chi connectivity index (χ4n) is 2.93. The van der Waals surface area contributed by atoms with E-state index in [2.05, 4.69) is 5.32 Å². The molecule has 0 aromatic heterocycles. The Labute approximate surface area is 136 Å². The molecule has 2 rings (SSSR count). The third kappa shape index (κ3) is 4.47. The Balaban J connectivity index is 1.87. The number of carbonyl (C=O) groups is 2. The molecule has 0 atom stereocenters. The predicted molar refractivity (Wildman–Crippen MR) is 89.1 cm³/mol. The van der Waals surface area contributed by atoms with Crippen LogP contribution in [-0.2, 0) is 9.59 Å². The smallest absolute Gasteiger partial charge is 0.226 e. The zero-order chi connectivity index (χ0) is 16.1. The lowest BCUT2D eigenvalue weighted by atomic mass is 10.2. The van der Waals surface area contributed by atoms with Gasteiger partial charge in [0.05, 0.1) is 0 Å². The number of carbonyl (C=O) groups excluding carboxylic acids is 2. The minimum atomic E-state index is -0.0934. The number of amides is 2. The molecular formula is C17H23ClN2O2. The van der Waals surface area contributed by atoms with Crippen molar-refractivity contribution in [3.63, 3.8) is 0 Å². The van der Waals surface area contributed by atoms with Crippen molar-refractivity contribution in [2.24, 2.45) is 0 Å². The molecule has 0 heterocycles. The van der Waals surface area contributed by atoms with Gasteiger partial charge in [-0.1, -0.05) is 30.5 Å². The molecule has 1 fully saturated rings. The summed E-state index contributed by atoms with van der Waals surface area (Å²) in [6.45, 7) is 3.97. The summed E-state index contributed by atoms with van der Waals surface area (Å²) in [5.41, 5.74) is 1.67. The summed E-state index contributed by atoms with van der Waals surface area (Å²) in [6.07, 6.45) is 4.75. The van der Waals surface area contributed by atoms with E-state index >= 15 is 0 Å².